The van der Waals surface area contributed by atoms with Gasteiger partial charge in [-0.2, -0.15) is 15.0 Å². The molecule has 0 N–H and O–H groups in total. The third-order valence-electron chi connectivity index (χ3n) is 5.36. The molecule has 32 heavy (non-hydrogen) atoms. The summed E-state index contributed by atoms with van der Waals surface area (Å²) in [4.78, 5) is 24.2. The molecule has 1 atom stereocenters. The normalized spacial score (nSPS) is 17.9. The third kappa shape index (κ3) is 3.75. The predicted octanol–water partition coefficient (Wildman–Crippen LogP) is 3.14. The fourth-order valence-corrected chi connectivity index (χ4v) is 3.67. The minimum Gasteiger partial charge on any atom is -0.466 e. The Hall–Kier alpha value is -3.95. The van der Waals surface area contributed by atoms with E-state index in [1.807, 2.05) is 18.2 Å². The standard InChI is InChI=1S/C22H18F2N6O2/c23-22(24)8-12-29(21(31)16-13-25-9-7-18(16)30-26-10-11-27-30)14-19(22)32-20-6-5-15-3-1-2-4-17(15)28-20/h1-7,9-11,13,19H,8,12,14H2. The Morgan fingerprint density at radius 3 is 2.72 bits per heavy atom. The van der Waals surface area contributed by atoms with Crippen molar-refractivity contribution in [1.82, 2.24) is 29.9 Å². The van der Waals surface area contributed by atoms with E-state index in [9.17, 15) is 13.6 Å². The van der Waals surface area contributed by atoms with Gasteiger partial charge in [-0.15, -0.1) is 0 Å². The highest BCUT2D eigenvalue weighted by Gasteiger charge is 2.47. The van der Waals surface area contributed by atoms with Gasteiger partial charge in [0.2, 0.25) is 5.88 Å². The first kappa shape index (κ1) is 20.0. The number of piperidine rings is 1. The Kier molecular flexibility index (Phi) is 4.96. The largest absolute Gasteiger partial charge is 0.466 e. The number of carbonyl (C=O) groups excluding carboxylic acids is 1. The van der Waals surface area contributed by atoms with Crippen molar-refractivity contribution in [1.29, 1.82) is 0 Å². The first-order chi connectivity index (χ1) is 15.5. The number of para-hydroxylation sites is 1. The van der Waals surface area contributed by atoms with Crippen LogP contribution in [0.3, 0.4) is 0 Å². The van der Waals surface area contributed by atoms with E-state index in [1.54, 1.807) is 24.3 Å². The maximum atomic E-state index is 14.7. The molecule has 0 bridgehead atoms. The quantitative estimate of drug-likeness (QED) is 0.489. The van der Waals surface area contributed by atoms with Gasteiger partial charge in [0.15, 0.2) is 6.10 Å². The molecular weight excluding hydrogens is 418 g/mol. The second kappa shape index (κ2) is 7.95. The van der Waals surface area contributed by atoms with Gasteiger partial charge in [0.1, 0.15) is 5.69 Å². The lowest BCUT2D eigenvalue weighted by atomic mass is 10.0. The number of carbonyl (C=O) groups is 1. The third-order valence-corrected chi connectivity index (χ3v) is 5.36. The van der Waals surface area contributed by atoms with Gasteiger partial charge < -0.3 is 9.64 Å². The highest BCUT2D eigenvalue weighted by Crippen LogP contribution is 2.32. The zero-order valence-electron chi connectivity index (χ0n) is 16.8. The van der Waals surface area contributed by atoms with Crippen molar-refractivity contribution in [2.24, 2.45) is 0 Å². The molecule has 4 heterocycles. The molecule has 1 aliphatic heterocycles. The summed E-state index contributed by atoms with van der Waals surface area (Å²) in [6, 6.07) is 12.3. The van der Waals surface area contributed by atoms with Crippen LogP contribution in [0.15, 0.2) is 67.3 Å². The van der Waals surface area contributed by atoms with Crippen LogP contribution in [0.5, 0.6) is 5.88 Å². The second-order valence-corrected chi connectivity index (χ2v) is 7.42. The van der Waals surface area contributed by atoms with Crippen LogP contribution in [0, 0.1) is 0 Å². The van der Waals surface area contributed by atoms with Crippen molar-refractivity contribution in [3.8, 4) is 11.6 Å². The van der Waals surface area contributed by atoms with Gasteiger partial charge in [-0.1, -0.05) is 18.2 Å². The topological polar surface area (TPSA) is 86.0 Å². The Balaban J connectivity index is 1.39. The lowest BCUT2D eigenvalue weighted by Gasteiger charge is -2.38. The molecule has 1 amide bonds. The molecule has 10 heteroatoms. The van der Waals surface area contributed by atoms with Crippen LogP contribution in [0.2, 0.25) is 0 Å². The number of benzene rings is 1. The minimum atomic E-state index is -3.11. The molecule has 162 valence electrons. The molecule has 1 aliphatic rings. The molecule has 1 fully saturated rings. The Bertz CT molecular complexity index is 1260. The van der Waals surface area contributed by atoms with E-state index in [2.05, 4.69) is 20.2 Å². The highest BCUT2D eigenvalue weighted by molar-refractivity contribution is 5.97. The number of amides is 1. The van der Waals surface area contributed by atoms with Crippen LogP contribution in [-0.2, 0) is 0 Å². The highest BCUT2D eigenvalue weighted by atomic mass is 19.3. The average Bonchev–Trinajstić information content (AvgIpc) is 3.35. The molecule has 0 spiro atoms. The van der Waals surface area contributed by atoms with Crippen LogP contribution >= 0.6 is 0 Å². The van der Waals surface area contributed by atoms with Gasteiger partial charge in [0, 0.05) is 36.8 Å². The summed E-state index contributed by atoms with van der Waals surface area (Å²) in [5, 5.41) is 8.97. The molecule has 4 aromatic rings. The number of halogens is 2. The van der Waals surface area contributed by atoms with Crippen LogP contribution in [-0.4, -0.2) is 60.9 Å². The molecule has 0 aliphatic carbocycles. The fourth-order valence-electron chi connectivity index (χ4n) is 3.67. The number of nitrogens with zero attached hydrogens (tertiary/aromatic N) is 6. The van der Waals surface area contributed by atoms with E-state index < -0.39 is 24.4 Å². The molecule has 3 aromatic heterocycles. The number of pyridine rings is 2. The van der Waals surface area contributed by atoms with Crippen molar-refractivity contribution in [2.75, 3.05) is 13.1 Å². The number of likely N-dealkylation sites (tertiary alicyclic amines) is 1. The van der Waals surface area contributed by atoms with Gasteiger partial charge in [-0.25, -0.2) is 13.8 Å². The number of fused-ring (bicyclic) bond motifs is 1. The van der Waals surface area contributed by atoms with E-state index in [0.29, 0.717) is 11.2 Å². The van der Waals surface area contributed by atoms with Gasteiger partial charge in [0.25, 0.3) is 11.8 Å². The van der Waals surface area contributed by atoms with E-state index in [0.717, 1.165) is 5.39 Å². The number of alkyl halides is 2. The molecule has 1 saturated heterocycles. The summed E-state index contributed by atoms with van der Waals surface area (Å²) in [5.41, 5.74) is 1.28. The van der Waals surface area contributed by atoms with Crippen LogP contribution in [0.25, 0.3) is 16.6 Å². The predicted molar refractivity (Wildman–Crippen MR) is 111 cm³/mol. The molecule has 1 aromatic carbocycles. The van der Waals surface area contributed by atoms with E-state index in [-0.39, 0.29) is 24.5 Å². The van der Waals surface area contributed by atoms with E-state index >= 15 is 0 Å². The molecule has 0 radical (unpaired) electrons. The van der Waals surface area contributed by atoms with Crippen LogP contribution in [0.4, 0.5) is 8.78 Å². The maximum Gasteiger partial charge on any atom is 0.287 e. The number of aromatic nitrogens is 5. The zero-order chi connectivity index (χ0) is 22.1. The van der Waals surface area contributed by atoms with Crippen molar-refractivity contribution < 1.29 is 18.3 Å². The van der Waals surface area contributed by atoms with Gasteiger partial charge in [0.05, 0.1) is 30.0 Å². The smallest absolute Gasteiger partial charge is 0.287 e. The second-order valence-electron chi connectivity index (χ2n) is 7.42. The van der Waals surface area contributed by atoms with Crippen molar-refractivity contribution >= 4 is 16.8 Å². The number of hydrogen-bond acceptors (Lipinski definition) is 6. The van der Waals surface area contributed by atoms with Crippen LogP contribution in [0.1, 0.15) is 16.8 Å². The first-order valence-electron chi connectivity index (χ1n) is 10.0. The first-order valence-corrected chi connectivity index (χ1v) is 10.0. The Labute approximate surface area is 181 Å². The van der Waals surface area contributed by atoms with Crippen LogP contribution < -0.4 is 4.74 Å². The Morgan fingerprint density at radius 1 is 1.06 bits per heavy atom. The number of hydrogen-bond donors (Lipinski definition) is 0. The molecule has 1 unspecified atom stereocenters. The lowest BCUT2D eigenvalue weighted by Crippen LogP contribution is -2.55. The molecule has 0 saturated carbocycles. The lowest BCUT2D eigenvalue weighted by molar-refractivity contribution is -0.131. The van der Waals surface area contributed by atoms with Gasteiger partial charge in [-0.05, 0) is 18.2 Å². The van der Waals surface area contributed by atoms with Gasteiger partial charge >= 0.3 is 0 Å². The summed E-state index contributed by atoms with van der Waals surface area (Å²) < 4.78 is 35.0. The average molecular weight is 436 g/mol. The Morgan fingerprint density at radius 2 is 1.88 bits per heavy atom. The summed E-state index contributed by atoms with van der Waals surface area (Å²) in [5.74, 6) is -3.46. The fraction of sp³-hybridized carbons (Fsp3) is 0.227. The monoisotopic (exact) mass is 436 g/mol. The van der Waals surface area contributed by atoms with Crippen molar-refractivity contribution in [3.63, 3.8) is 0 Å². The summed E-state index contributed by atoms with van der Waals surface area (Å²) in [6.07, 6.45) is 3.81. The minimum absolute atomic E-state index is 0.0884. The van der Waals surface area contributed by atoms with Gasteiger partial charge in [-0.3, -0.25) is 9.78 Å². The van der Waals surface area contributed by atoms with E-state index in [4.69, 9.17) is 4.74 Å². The molecule has 5 rings (SSSR count). The zero-order valence-corrected chi connectivity index (χ0v) is 16.8. The SMILES string of the molecule is O=C(c1cnccc1-n1nccn1)N1CCC(F)(F)C(Oc2ccc3ccccc3n2)C1. The summed E-state index contributed by atoms with van der Waals surface area (Å²) in [7, 11) is 0. The molecule has 8 nitrogen and oxygen atoms in total. The van der Waals surface area contributed by atoms with E-state index in [1.165, 1.54) is 34.5 Å². The maximum absolute atomic E-state index is 14.7. The summed E-state index contributed by atoms with van der Waals surface area (Å²) >= 11 is 0. The molecular formula is C22H18F2N6O2. The number of rotatable bonds is 4. The number of ether oxygens (including phenoxy) is 1. The van der Waals surface area contributed by atoms with Crippen molar-refractivity contribution in [2.45, 2.75) is 18.4 Å². The van der Waals surface area contributed by atoms with Crippen molar-refractivity contribution in [3.05, 3.63) is 72.8 Å². The summed E-state index contributed by atoms with van der Waals surface area (Å²) in [6.45, 7) is -0.404.